The van der Waals surface area contributed by atoms with Crippen molar-refractivity contribution in [3.8, 4) is 0 Å². The van der Waals surface area contributed by atoms with Gasteiger partial charge in [-0.3, -0.25) is 0 Å². The van der Waals surface area contributed by atoms with Crippen molar-refractivity contribution in [2.24, 2.45) is 0 Å². The van der Waals surface area contributed by atoms with Crippen molar-refractivity contribution in [1.82, 2.24) is 5.32 Å². The van der Waals surface area contributed by atoms with E-state index < -0.39 is 0 Å². The van der Waals surface area contributed by atoms with Crippen LogP contribution in [0, 0.1) is 0 Å². The Hall–Kier alpha value is 0.270. The van der Waals surface area contributed by atoms with Crippen molar-refractivity contribution in [2.45, 2.75) is 18.4 Å². The topological polar surface area (TPSA) is 32.3 Å². The van der Waals surface area contributed by atoms with E-state index >= 15 is 0 Å². The van der Waals surface area contributed by atoms with Crippen LogP contribution in [0.2, 0.25) is 0 Å². The molecule has 2 N–H and O–H groups in total. The number of hydrogen-bond donors (Lipinski definition) is 2. The zero-order valence-corrected chi connectivity index (χ0v) is 7.21. The first-order valence-electron chi connectivity index (χ1n) is 3.69. The molecule has 0 spiro atoms. The molecule has 1 heterocycles. The highest BCUT2D eigenvalue weighted by Gasteiger charge is 2.27. The first-order valence-corrected chi connectivity index (χ1v) is 5.08. The lowest BCUT2D eigenvalue weighted by Gasteiger charge is -2.31. The third-order valence-electron chi connectivity index (χ3n) is 1.95. The molecule has 0 atom stereocenters. The largest absolute Gasteiger partial charge is 0.389 e. The van der Waals surface area contributed by atoms with Gasteiger partial charge in [-0.15, -0.1) is 0 Å². The average Bonchev–Trinajstić information content (AvgIpc) is 1.89. The molecule has 0 amide bonds. The number of nitrogens with one attached hydrogen (secondary N) is 1. The summed E-state index contributed by atoms with van der Waals surface area (Å²) in [6.07, 6.45) is 3.86. The van der Waals surface area contributed by atoms with Gasteiger partial charge in [-0.1, -0.05) is 0 Å². The third kappa shape index (κ3) is 2.15. The molecule has 1 aliphatic rings. The quantitative estimate of drug-likeness (QED) is 0.617. The van der Waals surface area contributed by atoms with Gasteiger partial charge in [0, 0.05) is 5.75 Å². The van der Waals surface area contributed by atoms with Crippen molar-refractivity contribution in [1.29, 1.82) is 0 Å². The second-order valence-corrected chi connectivity index (χ2v) is 3.77. The van der Waals surface area contributed by atoms with Crippen LogP contribution in [0.15, 0.2) is 0 Å². The minimum absolute atomic E-state index is 0.370. The minimum Gasteiger partial charge on any atom is -0.389 e. The lowest BCUT2D eigenvalue weighted by Crippen LogP contribution is -2.43. The summed E-state index contributed by atoms with van der Waals surface area (Å²) in [6, 6.07) is 0. The predicted molar refractivity (Wildman–Crippen MR) is 45.4 cm³/mol. The van der Waals surface area contributed by atoms with E-state index in [-0.39, 0.29) is 5.60 Å². The van der Waals surface area contributed by atoms with E-state index in [9.17, 15) is 5.11 Å². The summed E-state index contributed by atoms with van der Waals surface area (Å²) >= 11 is 1.73. The fraction of sp³-hybridized carbons (Fsp3) is 1.00. The molecule has 1 saturated heterocycles. The Morgan fingerprint density at radius 3 is 2.60 bits per heavy atom. The molecule has 2 nitrogen and oxygen atoms in total. The molecule has 10 heavy (non-hydrogen) atoms. The second kappa shape index (κ2) is 3.60. The number of piperidine rings is 1. The minimum atomic E-state index is -0.370. The molecule has 1 rings (SSSR count). The van der Waals surface area contributed by atoms with E-state index in [1.807, 2.05) is 6.26 Å². The van der Waals surface area contributed by atoms with E-state index in [0.717, 1.165) is 31.7 Å². The van der Waals surface area contributed by atoms with Crippen LogP contribution >= 0.6 is 11.8 Å². The van der Waals surface area contributed by atoms with Gasteiger partial charge in [-0.25, -0.2) is 0 Å². The normalized spacial score (nSPS) is 24.6. The van der Waals surface area contributed by atoms with Crippen LogP contribution in [-0.2, 0) is 0 Å². The SMILES string of the molecule is CSCC1(O)CCNCC1. The van der Waals surface area contributed by atoms with E-state index in [1.165, 1.54) is 0 Å². The average molecular weight is 161 g/mol. The maximum absolute atomic E-state index is 9.81. The molecule has 1 aliphatic heterocycles. The maximum Gasteiger partial charge on any atom is 0.0761 e. The number of aliphatic hydroxyl groups is 1. The van der Waals surface area contributed by atoms with Crippen LogP contribution in [0.3, 0.4) is 0 Å². The molecule has 0 radical (unpaired) electrons. The molecule has 0 bridgehead atoms. The van der Waals surface area contributed by atoms with Gasteiger partial charge in [0.15, 0.2) is 0 Å². The molecule has 1 fully saturated rings. The first kappa shape index (κ1) is 8.37. The van der Waals surface area contributed by atoms with Gasteiger partial charge in [0.05, 0.1) is 5.60 Å². The zero-order chi connectivity index (χ0) is 7.45. The number of thioether (sulfide) groups is 1. The molecular weight excluding hydrogens is 146 g/mol. The molecule has 0 saturated carbocycles. The molecule has 0 aromatic carbocycles. The Morgan fingerprint density at radius 1 is 1.50 bits per heavy atom. The van der Waals surface area contributed by atoms with Crippen molar-refractivity contribution >= 4 is 11.8 Å². The van der Waals surface area contributed by atoms with Crippen LogP contribution in [0.1, 0.15) is 12.8 Å². The Kier molecular flexibility index (Phi) is 3.01. The van der Waals surface area contributed by atoms with Gasteiger partial charge >= 0.3 is 0 Å². The van der Waals surface area contributed by atoms with Gasteiger partial charge < -0.3 is 10.4 Å². The zero-order valence-electron chi connectivity index (χ0n) is 6.39. The van der Waals surface area contributed by atoms with Crippen molar-refractivity contribution in [3.63, 3.8) is 0 Å². The lowest BCUT2D eigenvalue weighted by molar-refractivity contribution is 0.0340. The van der Waals surface area contributed by atoms with E-state index in [4.69, 9.17) is 0 Å². The summed E-state index contributed by atoms with van der Waals surface area (Å²) < 4.78 is 0. The maximum atomic E-state index is 9.81. The second-order valence-electron chi connectivity index (χ2n) is 2.91. The van der Waals surface area contributed by atoms with Gasteiger partial charge in [0.1, 0.15) is 0 Å². The Morgan fingerprint density at radius 2 is 2.10 bits per heavy atom. The van der Waals surface area contributed by atoms with E-state index in [2.05, 4.69) is 5.32 Å². The van der Waals surface area contributed by atoms with Crippen molar-refractivity contribution in [2.75, 3.05) is 25.1 Å². The highest BCUT2D eigenvalue weighted by molar-refractivity contribution is 7.98. The molecule has 0 aromatic rings. The summed E-state index contributed by atoms with van der Waals surface area (Å²) in [5.74, 6) is 0.884. The summed E-state index contributed by atoms with van der Waals surface area (Å²) in [4.78, 5) is 0. The molecule has 0 aromatic heterocycles. The number of rotatable bonds is 2. The fourth-order valence-electron chi connectivity index (χ4n) is 1.31. The van der Waals surface area contributed by atoms with Crippen molar-refractivity contribution < 1.29 is 5.11 Å². The Bertz CT molecular complexity index is 96.3. The van der Waals surface area contributed by atoms with Gasteiger partial charge in [0.25, 0.3) is 0 Å². The molecular formula is C7H15NOS. The third-order valence-corrected chi connectivity index (χ3v) is 2.77. The van der Waals surface area contributed by atoms with Crippen molar-refractivity contribution in [3.05, 3.63) is 0 Å². The monoisotopic (exact) mass is 161 g/mol. The molecule has 0 unspecified atom stereocenters. The van der Waals surface area contributed by atoms with Gasteiger partial charge in [0.2, 0.25) is 0 Å². The van der Waals surface area contributed by atoms with Crippen LogP contribution in [0.4, 0.5) is 0 Å². The fourth-order valence-corrected chi connectivity index (χ4v) is 2.13. The standard InChI is InChI=1S/C7H15NOS/c1-10-6-7(9)2-4-8-5-3-7/h8-9H,2-6H2,1H3. The van der Waals surface area contributed by atoms with Crippen LogP contribution < -0.4 is 5.32 Å². The predicted octanol–water partition coefficient (Wildman–Crippen LogP) is 0.464. The first-order chi connectivity index (χ1) is 4.77. The Labute approximate surface area is 66.4 Å². The Balaban J connectivity index is 2.32. The van der Waals surface area contributed by atoms with E-state index in [0.29, 0.717) is 0 Å². The lowest BCUT2D eigenvalue weighted by atomic mass is 9.95. The van der Waals surface area contributed by atoms with Crippen LogP contribution in [0.5, 0.6) is 0 Å². The van der Waals surface area contributed by atoms with Gasteiger partial charge in [-0.05, 0) is 32.2 Å². The van der Waals surface area contributed by atoms with Crippen LogP contribution in [-0.4, -0.2) is 35.8 Å². The highest BCUT2D eigenvalue weighted by Crippen LogP contribution is 2.21. The smallest absolute Gasteiger partial charge is 0.0761 e. The molecule has 0 aliphatic carbocycles. The summed E-state index contributed by atoms with van der Waals surface area (Å²) in [7, 11) is 0. The summed E-state index contributed by atoms with van der Waals surface area (Å²) in [5.41, 5.74) is -0.370. The van der Waals surface area contributed by atoms with Crippen LogP contribution in [0.25, 0.3) is 0 Å². The summed E-state index contributed by atoms with van der Waals surface area (Å²) in [5, 5.41) is 13.0. The highest BCUT2D eigenvalue weighted by atomic mass is 32.2. The summed E-state index contributed by atoms with van der Waals surface area (Å²) in [6.45, 7) is 1.94. The van der Waals surface area contributed by atoms with Gasteiger partial charge in [-0.2, -0.15) is 11.8 Å². The van der Waals surface area contributed by atoms with E-state index in [1.54, 1.807) is 11.8 Å². The molecule has 3 heteroatoms. The molecule has 60 valence electrons. The number of hydrogen-bond acceptors (Lipinski definition) is 3.